The Morgan fingerprint density at radius 2 is 1.73 bits per heavy atom. The van der Waals surface area contributed by atoms with Crippen molar-refractivity contribution in [2.75, 3.05) is 53.4 Å². The summed E-state index contributed by atoms with van der Waals surface area (Å²) in [4.78, 5) is 20.8. The Labute approximate surface area is 224 Å². The normalized spacial score (nSPS) is 23.1. The molecule has 2 aromatic carbocycles. The molecule has 0 saturated carbocycles. The second kappa shape index (κ2) is 11.6. The third-order valence-electron chi connectivity index (χ3n) is 7.43. The van der Waals surface area contributed by atoms with Crippen LogP contribution >= 0.6 is 23.2 Å². The van der Waals surface area contributed by atoms with Crippen LogP contribution in [0.3, 0.4) is 0 Å². The van der Waals surface area contributed by atoms with Gasteiger partial charge in [-0.1, -0.05) is 35.3 Å². The lowest BCUT2D eigenvalue weighted by Crippen LogP contribution is -2.55. The lowest BCUT2D eigenvalue weighted by atomic mass is 9.93. The zero-order valence-electron chi connectivity index (χ0n) is 20.7. The molecule has 0 radical (unpaired) electrons. The molecular weight excluding hydrogens is 531 g/mol. The summed E-state index contributed by atoms with van der Waals surface area (Å²) in [6.07, 6.45) is -4.15. The lowest BCUT2D eigenvalue weighted by Gasteiger charge is -2.39. The number of hydrogen-bond acceptors (Lipinski definition) is 5. The van der Waals surface area contributed by atoms with Gasteiger partial charge in [0.25, 0.3) is 0 Å². The molecule has 11 heteroatoms. The van der Waals surface area contributed by atoms with Gasteiger partial charge in [0.2, 0.25) is 0 Å². The summed E-state index contributed by atoms with van der Waals surface area (Å²) in [6, 6.07) is 8.40. The minimum Gasteiger partial charge on any atom is -0.304 e. The van der Waals surface area contributed by atoms with Gasteiger partial charge in [0.05, 0.1) is 15.6 Å². The average molecular weight is 561 g/mol. The number of carbonyl (C=O) groups excluding carboxylic acids is 1. The first kappa shape index (κ1) is 28.3. The molecule has 5 nitrogen and oxygen atoms in total. The number of hydrogen-bond donors (Lipinski definition) is 0. The van der Waals surface area contributed by atoms with Crippen LogP contribution in [0.5, 0.6) is 0 Å². The van der Waals surface area contributed by atoms with Gasteiger partial charge in [0.15, 0.2) is 6.29 Å². The Bertz CT molecular complexity index is 1110. The van der Waals surface area contributed by atoms with Crippen LogP contribution in [0.25, 0.3) is 0 Å². The highest BCUT2D eigenvalue weighted by Gasteiger charge is 2.41. The highest BCUT2D eigenvalue weighted by molar-refractivity contribution is 6.42. The summed E-state index contributed by atoms with van der Waals surface area (Å²) < 4.78 is 53.2. The van der Waals surface area contributed by atoms with Crippen molar-refractivity contribution in [1.29, 1.82) is 0 Å². The largest absolute Gasteiger partial charge is 0.419 e. The summed E-state index contributed by atoms with van der Waals surface area (Å²) in [5.74, 6) is -1.34. The van der Waals surface area contributed by atoms with Gasteiger partial charge in [0, 0.05) is 57.8 Å². The van der Waals surface area contributed by atoms with Gasteiger partial charge >= 0.3 is 6.18 Å². The molecule has 37 heavy (non-hydrogen) atoms. The van der Waals surface area contributed by atoms with Crippen molar-refractivity contribution < 1.29 is 22.4 Å². The van der Waals surface area contributed by atoms with E-state index in [1.54, 1.807) is 6.07 Å². The fraction of sp³-hybridized carbons (Fsp3) is 0.500. The third-order valence-corrected chi connectivity index (χ3v) is 8.17. The van der Waals surface area contributed by atoms with E-state index < -0.39 is 17.6 Å². The monoisotopic (exact) mass is 560 g/mol. The van der Waals surface area contributed by atoms with Crippen LogP contribution in [0.1, 0.15) is 22.6 Å². The van der Waals surface area contributed by atoms with E-state index in [1.165, 1.54) is 6.07 Å². The number of likely N-dealkylation sites (tertiary alicyclic amines) is 1. The van der Waals surface area contributed by atoms with Crippen LogP contribution in [0.15, 0.2) is 36.4 Å². The molecule has 0 amide bonds. The van der Waals surface area contributed by atoms with E-state index >= 15 is 0 Å². The predicted octanol–water partition coefficient (Wildman–Crippen LogP) is 4.82. The van der Waals surface area contributed by atoms with Crippen LogP contribution in [0, 0.1) is 5.82 Å². The molecule has 2 aromatic rings. The van der Waals surface area contributed by atoms with E-state index in [0.717, 1.165) is 50.2 Å². The number of aldehydes is 1. The minimum atomic E-state index is -4.74. The lowest BCUT2D eigenvalue weighted by molar-refractivity contribution is -0.140. The summed E-state index contributed by atoms with van der Waals surface area (Å²) in [5.41, 5.74) is 0.112. The number of rotatable bonds is 7. The number of likely N-dealkylation sites (N-methyl/N-ethyl adjacent to an activating group) is 2. The molecule has 2 aliphatic heterocycles. The maximum atomic E-state index is 14.2. The first-order chi connectivity index (χ1) is 17.5. The van der Waals surface area contributed by atoms with Crippen molar-refractivity contribution in [1.82, 2.24) is 19.6 Å². The number of benzene rings is 2. The Balaban J connectivity index is 1.58. The van der Waals surface area contributed by atoms with Crippen LogP contribution in [0.2, 0.25) is 10.0 Å². The van der Waals surface area contributed by atoms with Gasteiger partial charge in [-0.05, 0) is 49.5 Å². The van der Waals surface area contributed by atoms with Crippen molar-refractivity contribution in [3.8, 4) is 0 Å². The summed E-state index contributed by atoms with van der Waals surface area (Å²) in [6.45, 7) is 4.68. The van der Waals surface area contributed by atoms with E-state index in [0.29, 0.717) is 28.7 Å². The first-order valence-corrected chi connectivity index (χ1v) is 12.9. The first-order valence-electron chi connectivity index (χ1n) is 12.1. The van der Waals surface area contributed by atoms with Crippen molar-refractivity contribution in [2.45, 2.75) is 30.8 Å². The fourth-order valence-electron chi connectivity index (χ4n) is 5.33. The molecule has 3 atom stereocenters. The number of nitrogens with zero attached hydrogens (tertiary/aromatic N) is 4. The molecule has 0 bridgehead atoms. The Morgan fingerprint density at radius 3 is 2.32 bits per heavy atom. The van der Waals surface area contributed by atoms with E-state index in [-0.39, 0.29) is 24.7 Å². The predicted molar refractivity (Wildman–Crippen MR) is 136 cm³/mol. The standard InChI is InChI=1S/C26H30Cl2F4N4O/c1-33-7-9-35(10-8-33)25(16-37)36-14-19(18-4-6-21(27)22(28)12-18)24(15-36)34(2)13-17-3-5-20(23(29)11-17)26(30,31)32/h3-6,11-12,16,19,24-25H,7-10,13-15H2,1-2H3/t19-,24-,25?/m1/s1. The molecule has 4 rings (SSSR count). The van der Waals surface area contributed by atoms with Crippen molar-refractivity contribution in [3.63, 3.8) is 0 Å². The maximum absolute atomic E-state index is 14.2. The molecule has 2 heterocycles. The van der Waals surface area contributed by atoms with Crippen molar-refractivity contribution in [2.24, 2.45) is 0 Å². The van der Waals surface area contributed by atoms with Gasteiger partial charge < -0.3 is 9.69 Å². The van der Waals surface area contributed by atoms with Crippen molar-refractivity contribution >= 4 is 29.5 Å². The topological polar surface area (TPSA) is 30.0 Å². The van der Waals surface area contributed by atoms with E-state index in [2.05, 4.69) is 21.7 Å². The third kappa shape index (κ3) is 6.46. The highest BCUT2D eigenvalue weighted by atomic mass is 35.5. The average Bonchev–Trinajstić information content (AvgIpc) is 3.27. The Kier molecular flexibility index (Phi) is 8.82. The zero-order valence-corrected chi connectivity index (χ0v) is 22.2. The van der Waals surface area contributed by atoms with Gasteiger partial charge in [-0.25, -0.2) is 4.39 Å². The molecule has 2 aliphatic rings. The Morgan fingerprint density at radius 1 is 1.03 bits per heavy atom. The smallest absolute Gasteiger partial charge is 0.304 e. The maximum Gasteiger partial charge on any atom is 0.419 e. The van der Waals surface area contributed by atoms with Crippen LogP contribution in [-0.4, -0.2) is 91.5 Å². The number of piperazine rings is 1. The summed E-state index contributed by atoms with van der Waals surface area (Å²) >= 11 is 12.5. The van der Waals surface area contributed by atoms with Crippen molar-refractivity contribution in [3.05, 3.63) is 69.0 Å². The quantitative estimate of drug-likeness (QED) is 0.358. The molecule has 0 spiro atoms. The molecular formula is C26H30Cl2F4N4O. The van der Waals surface area contributed by atoms with E-state index in [9.17, 15) is 22.4 Å². The fourth-order valence-corrected chi connectivity index (χ4v) is 5.64. The minimum absolute atomic E-state index is 0.0472. The van der Waals surface area contributed by atoms with Gasteiger partial charge in [-0.15, -0.1) is 0 Å². The number of halogens is 6. The van der Waals surface area contributed by atoms with Gasteiger partial charge in [-0.2, -0.15) is 13.2 Å². The number of alkyl halides is 3. The summed E-state index contributed by atoms with van der Waals surface area (Å²) in [5, 5.41) is 0.864. The van der Waals surface area contributed by atoms with Gasteiger partial charge in [-0.3, -0.25) is 14.7 Å². The highest BCUT2D eigenvalue weighted by Crippen LogP contribution is 2.36. The van der Waals surface area contributed by atoms with Crippen LogP contribution in [-0.2, 0) is 17.5 Å². The zero-order chi connectivity index (χ0) is 26.9. The van der Waals surface area contributed by atoms with Crippen LogP contribution < -0.4 is 0 Å². The molecule has 0 N–H and O–H groups in total. The van der Waals surface area contributed by atoms with E-state index in [4.69, 9.17) is 23.2 Å². The van der Waals surface area contributed by atoms with Crippen LogP contribution in [0.4, 0.5) is 17.6 Å². The molecule has 0 aromatic heterocycles. The summed E-state index contributed by atoms with van der Waals surface area (Å²) in [7, 11) is 3.92. The number of carbonyl (C=O) groups is 1. The Hall–Kier alpha value is -1.75. The SMILES string of the molecule is CN1CCN(C(C=O)N2C[C@H](c3ccc(Cl)c(Cl)c3)[C@H](N(C)Cc3ccc(C(F)(F)F)c(F)c3)C2)CC1. The molecule has 2 saturated heterocycles. The molecule has 1 unspecified atom stereocenters. The molecule has 2 fully saturated rings. The molecule has 202 valence electrons. The van der Waals surface area contributed by atoms with Gasteiger partial charge in [0.1, 0.15) is 12.0 Å². The second-order valence-corrected chi connectivity index (χ2v) is 10.7. The molecule has 0 aliphatic carbocycles. The van der Waals surface area contributed by atoms with E-state index in [1.807, 2.05) is 24.1 Å². The second-order valence-electron chi connectivity index (χ2n) is 9.92.